The molecule has 6 nitrogen and oxygen atoms in total. The minimum absolute atomic E-state index is 0.139. The lowest BCUT2D eigenvalue weighted by atomic mass is 10.2. The number of carbonyl (C=O) groups excluding carboxylic acids is 1. The molecule has 1 amide bonds. The summed E-state index contributed by atoms with van der Waals surface area (Å²) >= 11 is 3.16. The van der Waals surface area contributed by atoms with Crippen LogP contribution < -0.4 is 10.0 Å². The summed E-state index contributed by atoms with van der Waals surface area (Å²) in [5.74, 6) is -0.298. The number of benzene rings is 2. The Bertz CT molecular complexity index is 1090. The van der Waals surface area contributed by atoms with Gasteiger partial charge in [0, 0.05) is 17.3 Å². The molecular weight excluding hydrogens is 414 g/mol. The monoisotopic (exact) mass is 435 g/mol. The van der Waals surface area contributed by atoms with Crippen molar-refractivity contribution in [3.63, 3.8) is 0 Å². The number of hydrogen-bond acceptors (Lipinski definition) is 6. The second kappa shape index (κ2) is 8.60. The zero-order valence-corrected chi connectivity index (χ0v) is 18.2. The van der Waals surface area contributed by atoms with E-state index in [1.165, 1.54) is 24.3 Å². The Kier molecular flexibility index (Phi) is 6.39. The zero-order valence-electron chi connectivity index (χ0n) is 15.7. The molecule has 1 unspecified atom stereocenters. The molecule has 0 bridgehead atoms. The van der Waals surface area contributed by atoms with Crippen molar-refractivity contribution in [1.82, 2.24) is 9.71 Å². The first kappa shape index (κ1) is 20.8. The molecule has 9 heteroatoms. The van der Waals surface area contributed by atoms with Gasteiger partial charge in [-0.15, -0.1) is 11.3 Å². The first-order valence-corrected chi connectivity index (χ1v) is 12.2. The van der Waals surface area contributed by atoms with Crippen LogP contribution in [0.4, 0.5) is 5.69 Å². The largest absolute Gasteiger partial charge is 0.322 e. The molecule has 28 heavy (non-hydrogen) atoms. The summed E-state index contributed by atoms with van der Waals surface area (Å²) in [7, 11) is -3.59. The number of aromatic nitrogens is 1. The molecule has 3 aromatic rings. The zero-order chi connectivity index (χ0) is 20.3. The van der Waals surface area contributed by atoms with E-state index in [0.717, 1.165) is 14.6 Å². The van der Waals surface area contributed by atoms with E-state index in [1.807, 2.05) is 25.3 Å². The molecule has 2 N–H and O–H groups in total. The van der Waals surface area contributed by atoms with Crippen LogP contribution in [0.15, 0.2) is 51.7 Å². The summed E-state index contributed by atoms with van der Waals surface area (Å²) in [5, 5.41) is 2.85. The maximum atomic E-state index is 12.5. The molecule has 1 aromatic heterocycles. The van der Waals surface area contributed by atoms with Crippen molar-refractivity contribution >= 4 is 54.9 Å². The number of thioether (sulfide) groups is 1. The molecule has 0 spiro atoms. The first-order valence-electron chi connectivity index (χ1n) is 8.70. The number of rotatable bonds is 7. The van der Waals surface area contributed by atoms with Crippen molar-refractivity contribution in [2.24, 2.45) is 0 Å². The number of carbonyl (C=O) groups is 1. The van der Waals surface area contributed by atoms with Crippen molar-refractivity contribution < 1.29 is 13.2 Å². The van der Waals surface area contributed by atoms with Crippen molar-refractivity contribution in [1.29, 1.82) is 0 Å². The van der Waals surface area contributed by atoms with Crippen LogP contribution in [0, 0.1) is 0 Å². The SMILES string of the molecule is CCC(C)NS(=O)(=O)c1ccc(C(=O)Nc2ccc3nc(SC)sc3c2)cc1. The molecule has 148 valence electrons. The maximum Gasteiger partial charge on any atom is 0.255 e. The Morgan fingerprint density at radius 3 is 2.57 bits per heavy atom. The van der Waals surface area contributed by atoms with Crippen LogP contribution in [0.2, 0.25) is 0 Å². The molecule has 0 aliphatic heterocycles. The number of anilines is 1. The maximum absolute atomic E-state index is 12.5. The second-order valence-corrected chi connectivity index (χ2v) is 10.1. The first-order chi connectivity index (χ1) is 13.3. The van der Waals surface area contributed by atoms with Gasteiger partial charge in [-0.05, 0) is 62.1 Å². The number of thiazole rings is 1. The Balaban J connectivity index is 1.74. The van der Waals surface area contributed by atoms with Gasteiger partial charge < -0.3 is 5.32 Å². The number of nitrogens with one attached hydrogen (secondary N) is 2. The lowest BCUT2D eigenvalue weighted by Crippen LogP contribution is -2.32. The molecule has 0 radical (unpaired) electrons. The van der Waals surface area contributed by atoms with E-state index in [1.54, 1.807) is 36.1 Å². The van der Waals surface area contributed by atoms with Gasteiger partial charge in [-0.2, -0.15) is 0 Å². The van der Waals surface area contributed by atoms with Gasteiger partial charge in [0.25, 0.3) is 5.91 Å². The summed E-state index contributed by atoms with van der Waals surface area (Å²) in [4.78, 5) is 17.1. The van der Waals surface area contributed by atoms with Crippen molar-refractivity contribution in [2.45, 2.75) is 35.5 Å². The van der Waals surface area contributed by atoms with Gasteiger partial charge in [-0.1, -0.05) is 18.7 Å². The summed E-state index contributed by atoms with van der Waals surface area (Å²) in [5.41, 5.74) is 1.95. The van der Waals surface area contributed by atoms with Crippen LogP contribution >= 0.6 is 23.1 Å². The molecule has 0 saturated carbocycles. The average molecular weight is 436 g/mol. The van der Waals surface area contributed by atoms with Crippen LogP contribution in [0.25, 0.3) is 10.2 Å². The van der Waals surface area contributed by atoms with Crippen LogP contribution in [0.5, 0.6) is 0 Å². The van der Waals surface area contributed by atoms with Gasteiger partial charge in [-0.25, -0.2) is 18.1 Å². The summed E-state index contributed by atoms with van der Waals surface area (Å²) in [6, 6.07) is 11.3. The molecule has 1 atom stereocenters. The van der Waals surface area contributed by atoms with E-state index >= 15 is 0 Å². The third-order valence-corrected chi connectivity index (χ3v) is 7.81. The van der Waals surface area contributed by atoms with Crippen LogP contribution in [-0.4, -0.2) is 31.6 Å². The molecule has 1 heterocycles. The molecule has 0 aliphatic rings. The van der Waals surface area contributed by atoms with E-state index in [0.29, 0.717) is 17.7 Å². The lowest BCUT2D eigenvalue weighted by molar-refractivity contribution is 0.102. The Hall–Kier alpha value is -1.94. The minimum Gasteiger partial charge on any atom is -0.322 e. The standard InChI is InChI=1S/C19H21N3O3S3/c1-4-12(2)22-28(24,25)15-8-5-13(6-9-15)18(23)20-14-7-10-16-17(11-14)27-19(21-16)26-3/h5-12,22H,4H2,1-3H3,(H,20,23). The topological polar surface area (TPSA) is 88.2 Å². The minimum atomic E-state index is -3.59. The van der Waals surface area contributed by atoms with E-state index in [9.17, 15) is 13.2 Å². The Morgan fingerprint density at radius 1 is 1.21 bits per heavy atom. The third kappa shape index (κ3) is 4.72. The number of amides is 1. The van der Waals surface area contributed by atoms with Crippen LogP contribution in [0.1, 0.15) is 30.6 Å². The predicted octanol–water partition coefficient (Wildman–Crippen LogP) is 4.35. The number of fused-ring (bicyclic) bond motifs is 1. The number of nitrogens with zero attached hydrogens (tertiary/aromatic N) is 1. The van der Waals surface area contributed by atoms with E-state index in [-0.39, 0.29) is 16.8 Å². The van der Waals surface area contributed by atoms with E-state index in [2.05, 4.69) is 15.0 Å². The summed E-state index contributed by atoms with van der Waals surface area (Å²) in [6.45, 7) is 3.72. The predicted molar refractivity (Wildman–Crippen MR) is 116 cm³/mol. The highest BCUT2D eigenvalue weighted by Gasteiger charge is 2.17. The van der Waals surface area contributed by atoms with E-state index < -0.39 is 10.0 Å². The highest BCUT2D eigenvalue weighted by molar-refractivity contribution is 8.00. The fourth-order valence-corrected chi connectivity index (χ4v) is 5.33. The fourth-order valence-electron chi connectivity index (χ4n) is 2.47. The summed E-state index contributed by atoms with van der Waals surface area (Å²) in [6.07, 6.45) is 2.67. The normalized spacial score (nSPS) is 12.8. The number of hydrogen-bond donors (Lipinski definition) is 2. The van der Waals surface area contributed by atoms with Crippen LogP contribution in [-0.2, 0) is 10.0 Å². The Morgan fingerprint density at radius 2 is 1.93 bits per heavy atom. The fraction of sp³-hybridized carbons (Fsp3) is 0.263. The molecule has 0 fully saturated rings. The highest BCUT2D eigenvalue weighted by atomic mass is 32.2. The number of sulfonamides is 1. The molecule has 0 aliphatic carbocycles. The third-order valence-electron chi connectivity index (χ3n) is 4.20. The van der Waals surface area contributed by atoms with Crippen molar-refractivity contribution in [3.8, 4) is 0 Å². The summed E-state index contributed by atoms with van der Waals surface area (Å²) < 4.78 is 29.2. The van der Waals surface area contributed by atoms with Crippen LogP contribution in [0.3, 0.4) is 0 Å². The van der Waals surface area contributed by atoms with Gasteiger partial charge >= 0.3 is 0 Å². The van der Waals surface area contributed by atoms with Gasteiger partial charge in [0.1, 0.15) is 0 Å². The lowest BCUT2D eigenvalue weighted by Gasteiger charge is -2.12. The van der Waals surface area contributed by atoms with Gasteiger partial charge in [0.15, 0.2) is 4.34 Å². The molecular formula is C19H21N3O3S3. The smallest absolute Gasteiger partial charge is 0.255 e. The van der Waals surface area contributed by atoms with Gasteiger partial charge in [-0.3, -0.25) is 4.79 Å². The quantitative estimate of drug-likeness (QED) is 0.539. The molecule has 3 rings (SSSR count). The molecule has 0 saturated heterocycles. The van der Waals surface area contributed by atoms with Gasteiger partial charge in [0.2, 0.25) is 10.0 Å². The molecule has 2 aromatic carbocycles. The second-order valence-electron chi connectivity index (χ2n) is 6.28. The van der Waals surface area contributed by atoms with Crippen molar-refractivity contribution in [3.05, 3.63) is 48.0 Å². The average Bonchev–Trinajstić information content (AvgIpc) is 3.10. The van der Waals surface area contributed by atoms with Gasteiger partial charge in [0.05, 0.1) is 15.1 Å². The van der Waals surface area contributed by atoms with E-state index in [4.69, 9.17) is 0 Å². The highest BCUT2D eigenvalue weighted by Crippen LogP contribution is 2.30. The van der Waals surface area contributed by atoms with Crippen molar-refractivity contribution in [2.75, 3.05) is 11.6 Å². The Labute approximate surface area is 172 Å².